The normalized spacial score (nSPS) is 14.7. The van der Waals surface area contributed by atoms with Crippen LogP contribution in [0.5, 0.6) is 5.75 Å². The van der Waals surface area contributed by atoms with Crippen LogP contribution in [0.15, 0.2) is 60.8 Å². The molecule has 7 heteroatoms. The van der Waals surface area contributed by atoms with Crippen molar-refractivity contribution in [1.82, 2.24) is 0 Å². The van der Waals surface area contributed by atoms with Gasteiger partial charge in [0.15, 0.2) is 0 Å². The zero-order valence-corrected chi connectivity index (χ0v) is 18.3. The second-order valence-corrected chi connectivity index (χ2v) is 8.43. The minimum atomic E-state index is -0.776. The van der Waals surface area contributed by atoms with E-state index in [1.165, 1.54) is 22.9 Å². The summed E-state index contributed by atoms with van der Waals surface area (Å²) in [6.07, 6.45) is 3.68. The van der Waals surface area contributed by atoms with Gasteiger partial charge >= 0.3 is 5.97 Å². The molecule has 1 heterocycles. The number of carboxylic acid groups (broad SMARTS) is 1. The van der Waals surface area contributed by atoms with Gasteiger partial charge in [0, 0.05) is 12.5 Å². The lowest BCUT2D eigenvalue weighted by molar-refractivity contribution is -0.590. The summed E-state index contributed by atoms with van der Waals surface area (Å²) < 4.78 is 6.68. The molecular weight excluding hydrogens is 428 g/mol. The number of hydrogen-bond acceptors (Lipinski definition) is 4. The van der Waals surface area contributed by atoms with Gasteiger partial charge in [0.05, 0.1) is 30.8 Å². The Balaban J connectivity index is 1.38. The number of pyridine rings is 1. The molecule has 0 unspecified atom stereocenters. The highest BCUT2D eigenvalue weighted by molar-refractivity contribution is 6.30. The first kappa shape index (κ1) is 22.0. The predicted molar refractivity (Wildman–Crippen MR) is 123 cm³/mol. The van der Waals surface area contributed by atoms with Crippen molar-refractivity contribution in [2.45, 2.75) is 31.6 Å². The molecule has 0 fully saturated rings. The fraction of sp³-hybridized carbons (Fsp3) is 0.280. The Morgan fingerprint density at radius 1 is 1.16 bits per heavy atom. The van der Waals surface area contributed by atoms with E-state index in [0.29, 0.717) is 36.8 Å². The summed E-state index contributed by atoms with van der Waals surface area (Å²) in [5.74, 6) is 0.400. The lowest BCUT2D eigenvalue weighted by Gasteiger charge is -2.16. The number of aromatic nitrogens is 1. The second-order valence-electron chi connectivity index (χ2n) is 7.99. The van der Waals surface area contributed by atoms with Crippen LogP contribution in [-0.4, -0.2) is 24.2 Å². The third-order valence-corrected chi connectivity index (χ3v) is 5.95. The highest BCUT2D eigenvalue weighted by Gasteiger charge is 2.24. The fourth-order valence-corrected chi connectivity index (χ4v) is 4.35. The second kappa shape index (κ2) is 9.92. The maximum atomic E-state index is 11.7. The molecular formula is C25H25ClN2O4. The minimum absolute atomic E-state index is 0.0296. The quantitative estimate of drug-likeness (QED) is 0.297. The Hall–Kier alpha value is -3.25. The highest BCUT2D eigenvalue weighted by atomic mass is 35.5. The average Bonchev–Trinajstić information content (AvgIpc) is 2.91. The molecule has 1 atom stereocenters. The Kier molecular flexibility index (Phi) is 6.81. The molecule has 1 aromatic heterocycles. The van der Waals surface area contributed by atoms with Gasteiger partial charge in [-0.05, 0) is 59.2 Å². The molecule has 32 heavy (non-hydrogen) atoms. The van der Waals surface area contributed by atoms with E-state index in [1.807, 2.05) is 24.3 Å². The molecule has 0 spiro atoms. The Morgan fingerprint density at radius 2 is 2.00 bits per heavy atom. The van der Waals surface area contributed by atoms with Crippen molar-refractivity contribution < 1.29 is 19.4 Å². The molecule has 1 aliphatic carbocycles. The van der Waals surface area contributed by atoms with Crippen LogP contribution < -0.4 is 14.8 Å². The molecule has 0 bridgehead atoms. The van der Waals surface area contributed by atoms with E-state index < -0.39 is 5.97 Å². The number of ether oxygens (including phenoxy) is 1. The summed E-state index contributed by atoms with van der Waals surface area (Å²) in [5.41, 5.74) is 4.64. The molecule has 0 saturated carbocycles. The first-order valence-corrected chi connectivity index (χ1v) is 11.0. The van der Waals surface area contributed by atoms with Crippen LogP contribution in [0.2, 0.25) is 5.02 Å². The summed E-state index contributed by atoms with van der Waals surface area (Å²) in [5, 5.41) is 24.7. The van der Waals surface area contributed by atoms with Gasteiger partial charge in [-0.15, -0.1) is 0 Å². The maximum absolute atomic E-state index is 11.7. The van der Waals surface area contributed by atoms with Gasteiger partial charge in [0.2, 0.25) is 0 Å². The van der Waals surface area contributed by atoms with E-state index in [9.17, 15) is 15.1 Å². The third kappa shape index (κ3) is 5.32. The smallest absolute Gasteiger partial charge is 0.303 e. The van der Waals surface area contributed by atoms with E-state index in [4.69, 9.17) is 16.3 Å². The van der Waals surface area contributed by atoms with Crippen LogP contribution >= 0.6 is 11.6 Å². The monoisotopic (exact) mass is 452 g/mol. The summed E-state index contributed by atoms with van der Waals surface area (Å²) in [4.78, 5) is 11.4. The van der Waals surface area contributed by atoms with E-state index in [1.54, 1.807) is 12.1 Å². The Morgan fingerprint density at radius 3 is 2.84 bits per heavy atom. The van der Waals surface area contributed by atoms with Crippen LogP contribution in [-0.2, 0) is 17.6 Å². The van der Waals surface area contributed by atoms with Crippen molar-refractivity contribution in [3.63, 3.8) is 0 Å². The van der Waals surface area contributed by atoms with Crippen molar-refractivity contribution in [1.29, 1.82) is 0 Å². The SMILES string of the molecule is O=C(O)C[C@@H]1Cc2ccc(OCCCNc3cc(Cl)cc[n+]3[O-])cc2Cc2ccccc21. The van der Waals surface area contributed by atoms with Gasteiger partial charge < -0.3 is 15.1 Å². The number of nitrogens with zero attached hydrogens (tertiary/aromatic N) is 1. The largest absolute Gasteiger partial charge is 0.711 e. The summed E-state index contributed by atoms with van der Waals surface area (Å²) in [6.45, 7) is 1.08. The topological polar surface area (TPSA) is 85.5 Å². The first-order chi connectivity index (χ1) is 15.5. The Bertz CT molecular complexity index is 1120. The molecule has 0 radical (unpaired) electrons. The van der Waals surface area contributed by atoms with Crippen molar-refractivity contribution in [3.8, 4) is 5.75 Å². The summed E-state index contributed by atoms with van der Waals surface area (Å²) >= 11 is 5.93. The molecule has 0 amide bonds. The molecule has 166 valence electrons. The Labute approximate surface area is 192 Å². The van der Waals surface area contributed by atoms with Gasteiger partial charge in [-0.1, -0.05) is 41.9 Å². The minimum Gasteiger partial charge on any atom is -0.711 e. The van der Waals surface area contributed by atoms with Crippen molar-refractivity contribution in [3.05, 3.63) is 93.3 Å². The number of carbonyl (C=O) groups is 1. The van der Waals surface area contributed by atoms with E-state index in [2.05, 4.69) is 23.5 Å². The van der Waals surface area contributed by atoms with Crippen LogP contribution in [0, 0.1) is 5.21 Å². The number of carboxylic acids is 1. The average molecular weight is 453 g/mol. The molecule has 6 nitrogen and oxygen atoms in total. The summed E-state index contributed by atoms with van der Waals surface area (Å²) in [6, 6.07) is 17.3. The van der Waals surface area contributed by atoms with Gasteiger partial charge in [0.1, 0.15) is 5.75 Å². The number of halogens is 1. The van der Waals surface area contributed by atoms with Gasteiger partial charge in [0.25, 0.3) is 5.82 Å². The number of rotatable bonds is 8. The first-order valence-electron chi connectivity index (χ1n) is 10.7. The van der Waals surface area contributed by atoms with Gasteiger partial charge in [-0.2, -0.15) is 0 Å². The van der Waals surface area contributed by atoms with Gasteiger partial charge in [-0.25, -0.2) is 4.73 Å². The number of nitrogens with one attached hydrogen (secondary N) is 1. The highest BCUT2D eigenvalue weighted by Crippen LogP contribution is 2.35. The number of benzene rings is 2. The fourth-order valence-electron chi connectivity index (χ4n) is 4.19. The zero-order chi connectivity index (χ0) is 22.5. The molecule has 4 rings (SSSR count). The number of fused-ring (bicyclic) bond motifs is 2. The number of anilines is 1. The maximum Gasteiger partial charge on any atom is 0.303 e. The van der Waals surface area contributed by atoms with E-state index in [0.717, 1.165) is 22.5 Å². The number of hydrogen-bond donors (Lipinski definition) is 2. The van der Waals surface area contributed by atoms with E-state index >= 15 is 0 Å². The standard InChI is InChI=1S/C25H25ClN2O4/c26-21-8-10-28(31)24(16-21)27-9-3-11-32-22-7-6-17-12-20(15-25(29)30)23-5-2-1-4-18(23)13-19(17)14-22/h1-2,4-8,10,14,16,20,27H,3,9,11-13,15H2,(H,29,30)/t20-/m0/s1. The third-order valence-electron chi connectivity index (χ3n) is 5.72. The molecule has 2 aromatic carbocycles. The van der Waals surface area contributed by atoms with Crippen LogP contribution in [0.4, 0.5) is 5.82 Å². The van der Waals surface area contributed by atoms with Crippen molar-refractivity contribution >= 4 is 23.4 Å². The number of aliphatic carboxylic acids is 1. The van der Waals surface area contributed by atoms with E-state index in [-0.39, 0.29) is 12.3 Å². The van der Waals surface area contributed by atoms with Gasteiger partial charge in [-0.3, -0.25) is 10.1 Å². The molecule has 1 aliphatic rings. The summed E-state index contributed by atoms with van der Waals surface area (Å²) in [7, 11) is 0. The molecule has 2 N–H and O–H groups in total. The molecule has 0 saturated heterocycles. The zero-order valence-electron chi connectivity index (χ0n) is 17.6. The lowest BCUT2D eigenvalue weighted by atomic mass is 9.89. The van der Waals surface area contributed by atoms with Crippen molar-refractivity contribution in [2.75, 3.05) is 18.5 Å². The lowest BCUT2D eigenvalue weighted by Crippen LogP contribution is -2.30. The van der Waals surface area contributed by atoms with Crippen LogP contribution in [0.1, 0.15) is 41.0 Å². The predicted octanol–water partition coefficient (Wildman–Crippen LogP) is 4.56. The molecule has 0 aliphatic heterocycles. The van der Waals surface area contributed by atoms with Crippen LogP contribution in [0.25, 0.3) is 0 Å². The van der Waals surface area contributed by atoms with Crippen LogP contribution in [0.3, 0.4) is 0 Å². The molecule has 3 aromatic rings. The van der Waals surface area contributed by atoms with Crippen molar-refractivity contribution in [2.24, 2.45) is 0 Å².